The minimum absolute atomic E-state index is 0.257. The second-order valence-corrected chi connectivity index (χ2v) is 10.9. The predicted molar refractivity (Wildman–Crippen MR) is 144 cm³/mol. The van der Waals surface area contributed by atoms with Crippen molar-refractivity contribution in [1.29, 1.82) is 0 Å². The molecule has 0 aliphatic rings. The zero-order valence-corrected chi connectivity index (χ0v) is 20.1. The maximum Gasteiger partial charge on any atom is 0.116 e. The van der Waals surface area contributed by atoms with Crippen LogP contribution in [0.25, 0.3) is 59.9 Å². The van der Waals surface area contributed by atoms with Crippen LogP contribution in [0.1, 0.15) is 38.8 Å². The average molecular weight is 442 g/mol. The van der Waals surface area contributed by atoms with Crippen molar-refractivity contribution >= 4 is 59.9 Å². The van der Waals surface area contributed by atoms with Gasteiger partial charge in [0.1, 0.15) is 6.33 Å². The summed E-state index contributed by atoms with van der Waals surface area (Å²) in [7, 11) is 0. The highest BCUT2D eigenvalue weighted by molar-refractivity contribution is 6.27. The smallest absolute Gasteiger partial charge is 0.116 e. The third kappa shape index (κ3) is 2.70. The van der Waals surface area contributed by atoms with Crippen LogP contribution in [-0.2, 0) is 12.8 Å². The summed E-state index contributed by atoms with van der Waals surface area (Å²) in [5.74, 6) is 0. The van der Waals surface area contributed by atoms with Crippen molar-refractivity contribution in [2.24, 2.45) is 5.41 Å². The molecule has 0 spiro atoms. The molecule has 3 heteroatoms. The first-order valence-corrected chi connectivity index (χ1v) is 12.2. The molecule has 3 heterocycles. The van der Waals surface area contributed by atoms with Gasteiger partial charge in [-0.05, 0) is 76.6 Å². The Kier molecular flexibility index (Phi) is 3.87. The number of hydrogen-bond acceptors (Lipinski definition) is 2. The number of hydrogen-bond donors (Lipinski definition) is 0. The maximum absolute atomic E-state index is 4.83. The molecule has 0 aliphatic carbocycles. The fourth-order valence-electron chi connectivity index (χ4n) is 5.81. The van der Waals surface area contributed by atoms with E-state index in [0.29, 0.717) is 0 Å². The molecule has 0 unspecified atom stereocenters. The zero-order chi connectivity index (χ0) is 23.2. The Bertz CT molecular complexity index is 1900. The van der Waals surface area contributed by atoms with E-state index in [2.05, 4.69) is 97.7 Å². The third-order valence-electron chi connectivity index (χ3n) is 7.25. The summed E-state index contributed by atoms with van der Waals surface area (Å²) in [6, 6.07) is 22.9. The Morgan fingerprint density at radius 2 is 1.59 bits per heavy atom. The first kappa shape index (κ1) is 19.7. The van der Waals surface area contributed by atoms with E-state index in [0.717, 1.165) is 29.3 Å². The van der Waals surface area contributed by atoms with Crippen molar-refractivity contribution in [1.82, 2.24) is 14.4 Å². The number of pyridine rings is 1. The summed E-state index contributed by atoms with van der Waals surface area (Å²) in [6.45, 7) is 9.11. The molecule has 0 saturated carbocycles. The van der Waals surface area contributed by atoms with Gasteiger partial charge < -0.3 is 4.40 Å². The summed E-state index contributed by atoms with van der Waals surface area (Å²) in [5.41, 5.74) is 8.73. The SMILES string of the molecule is CCc1ccc2c(c1)c1ccc3ncnc4c5cc6cc(CC(C)(C)C)ccc6cc5n2c1c34. The Labute approximate surface area is 198 Å². The molecule has 0 bridgehead atoms. The Morgan fingerprint density at radius 3 is 2.41 bits per heavy atom. The summed E-state index contributed by atoms with van der Waals surface area (Å²) in [6.07, 6.45) is 3.80. The highest BCUT2D eigenvalue weighted by Gasteiger charge is 2.20. The quantitative estimate of drug-likeness (QED) is 0.200. The molecule has 0 amide bonds. The van der Waals surface area contributed by atoms with Gasteiger partial charge in [-0.1, -0.05) is 52.0 Å². The summed E-state index contributed by atoms with van der Waals surface area (Å²) < 4.78 is 2.45. The monoisotopic (exact) mass is 441 g/mol. The van der Waals surface area contributed by atoms with Crippen molar-refractivity contribution in [3.05, 3.63) is 78.1 Å². The van der Waals surface area contributed by atoms with Crippen molar-refractivity contribution in [2.45, 2.75) is 40.5 Å². The number of aryl methyl sites for hydroxylation is 1. The van der Waals surface area contributed by atoms with Gasteiger partial charge in [0.15, 0.2) is 0 Å². The van der Waals surface area contributed by atoms with E-state index < -0.39 is 0 Å². The standard InChI is InChI=1S/C31H27N3/c1-5-18-7-11-26-23(13-18)22-9-10-25-28-29(33-17-32-25)24-14-21-12-19(16-31(2,3)4)6-8-20(21)15-27(24)34(26)30(22)28/h6-15,17H,5,16H2,1-4H3. The van der Waals surface area contributed by atoms with Crippen LogP contribution < -0.4 is 0 Å². The molecule has 0 aliphatic heterocycles. The molecule has 34 heavy (non-hydrogen) atoms. The van der Waals surface area contributed by atoms with Crippen molar-refractivity contribution in [3.8, 4) is 0 Å². The number of nitrogens with zero attached hydrogens (tertiary/aromatic N) is 3. The number of aromatic nitrogens is 3. The molecule has 166 valence electrons. The van der Waals surface area contributed by atoms with E-state index in [1.807, 2.05) is 0 Å². The van der Waals surface area contributed by atoms with Gasteiger partial charge in [0, 0.05) is 16.2 Å². The van der Waals surface area contributed by atoms with Gasteiger partial charge in [0.05, 0.1) is 33.0 Å². The van der Waals surface area contributed by atoms with Gasteiger partial charge in [-0.3, -0.25) is 0 Å². The van der Waals surface area contributed by atoms with E-state index in [4.69, 9.17) is 4.98 Å². The minimum atomic E-state index is 0.257. The highest BCUT2D eigenvalue weighted by Crippen LogP contribution is 2.41. The first-order chi connectivity index (χ1) is 16.4. The molecule has 0 fully saturated rings. The Balaban J connectivity index is 1.69. The van der Waals surface area contributed by atoms with Crippen LogP contribution in [-0.4, -0.2) is 14.4 Å². The molecular weight excluding hydrogens is 414 g/mol. The molecule has 7 rings (SSSR count). The molecular formula is C31H27N3. The van der Waals surface area contributed by atoms with Crippen LogP contribution in [0.4, 0.5) is 0 Å². The summed E-state index contributed by atoms with van der Waals surface area (Å²) in [4.78, 5) is 9.47. The predicted octanol–water partition coefficient (Wildman–Crippen LogP) is 8.08. The lowest BCUT2D eigenvalue weighted by atomic mass is 9.87. The number of rotatable bonds is 2. The fourth-order valence-corrected chi connectivity index (χ4v) is 5.81. The normalized spacial score (nSPS) is 12.9. The van der Waals surface area contributed by atoms with Crippen LogP contribution in [0.2, 0.25) is 0 Å². The van der Waals surface area contributed by atoms with Gasteiger partial charge in [0.2, 0.25) is 0 Å². The van der Waals surface area contributed by atoms with Gasteiger partial charge in [-0.15, -0.1) is 0 Å². The van der Waals surface area contributed by atoms with Gasteiger partial charge in [0.25, 0.3) is 0 Å². The molecule has 4 aromatic carbocycles. The Morgan fingerprint density at radius 1 is 0.735 bits per heavy atom. The third-order valence-corrected chi connectivity index (χ3v) is 7.25. The Hall–Kier alpha value is -3.72. The van der Waals surface area contributed by atoms with Crippen LogP contribution in [0.5, 0.6) is 0 Å². The highest BCUT2D eigenvalue weighted by atomic mass is 14.9. The molecule has 0 atom stereocenters. The molecule has 7 aromatic rings. The van der Waals surface area contributed by atoms with Gasteiger partial charge in [-0.25, -0.2) is 9.97 Å². The van der Waals surface area contributed by atoms with Crippen LogP contribution in [0.15, 0.2) is 67.0 Å². The van der Waals surface area contributed by atoms with Crippen molar-refractivity contribution < 1.29 is 0 Å². The summed E-state index contributed by atoms with van der Waals surface area (Å²) in [5, 5.41) is 7.46. The van der Waals surface area contributed by atoms with E-state index in [-0.39, 0.29) is 5.41 Å². The molecule has 0 N–H and O–H groups in total. The zero-order valence-electron chi connectivity index (χ0n) is 20.1. The molecule has 3 aromatic heterocycles. The lowest BCUT2D eigenvalue weighted by Gasteiger charge is -2.18. The molecule has 0 radical (unpaired) electrons. The summed E-state index contributed by atoms with van der Waals surface area (Å²) >= 11 is 0. The topological polar surface area (TPSA) is 30.2 Å². The van der Waals surface area contributed by atoms with E-state index >= 15 is 0 Å². The van der Waals surface area contributed by atoms with E-state index in [1.165, 1.54) is 54.6 Å². The lowest BCUT2D eigenvalue weighted by molar-refractivity contribution is 0.411. The van der Waals surface area contributed by atoms with E-state index in [9.17, 15) is 0 Å². The largest absolute Gasteiger partial charge is 0.308 e. The van der Waals surface area contributed by atoms with Crippen molar-refractivity contribution in [3.63, 3.8) is 0 Å². The van der Waals surface area contributed by atoms with Crippen LogP contribution in [0.3, 0.4) is 0 Å². The second-order valence-electron chi connectivity index (χ2n) is 10.9. The van der Waals surface area contributed by atoms with Gasteiger partial charge in [-0.2, -0.15) is 0 Å². The number of fused-ring (bicyclic) bond motifs is 7. The minimum Gasteiger partial charge on any atom is -0.308 e. The van der Waals surface area contributed by atoms with Crippen LogP contribution >= 0.6 is 0 Å². The second kappa shape index (κ2) is 6.66. The molecule has 3 nitrogen and oxygen atoms in total. The van der Waals surface area contributed by atoms with E-state index in [1.54, 1.807) is 6.33 Å². The maximum atomic E-state index is 4.83. The average Bonchev–Trinajstić information content (AvgIpc) is 3.16. The molecule has 0 saturated heterocycles. The van der Waals surface area contributed by atoms with Crippen molar-refractivity contribution in [2.75, 3.05) is 0 Å². The first-order valence-electron chi connectivity index (χ1n) is 12.2. The fraction of sp³-hybridized carbons (Fsp3) is 0.226. The lowest BCUT2D eigenvalue weighted by Crippen LogP contribution is -2.08. The number of benzene rings is 4. The van der Waals surface area contributed by atoms with Gasteiger partial charge >= 0.3 is 0 Å². The van der Waals surface area contributed by atoms with Crippen LogP contribution in [0, 0.1) is 5.41 Å².